The Balaban J connectivity index is 2.25. The normalized spacial score (nSPS) is 11.2. The van der Waals surface area contributed by atoms with Crippen LogP contribution >= 0.6 is 0 Å². The van der Waals surface area contributed by atoms with Crippen LogP contribution in [0.4, 0.5) is 0 Å². The van der Waals surface area contributed by atoms with Crippen LogP contribution in [0.15, 0.2) is 51.7 Å². The third kappa shape index (κ3) is 3.71. The third-order valence-electron chi connectivity index (χ3n) is 4.55. The molecule has 0 bridgehead atoms. The summed E-state index contributed by atoms with van der Waals surface area (Å²) in [5, 5.41) is 19.5. The molecule has 0 spiro atoms. The maximum absolute atomic E-state index is 13.1. The van der Waals surface area contributed by atoms with Gasteiger partial charge in [0.2, 0.25) is 11.2 Å². The van der Waals surface area contributed by atoms with Crippen LogP contribution in [0.3, 0.4) is 0 Å². The summed E-state index contributed by atoms with van der Waals surface area (Å²) in [6, 6.07) is 10.2. The molecule has 140 valence electrons. The molecule has 2 aromatic carbocycles. The molecule has 6 nitrogen and oxygen atoms in total. The van der Waals surface area contributed by atoms with Gasteiger partial charge in [0.25, 0.3) is 0 Å². The lowest BCUT2D eigenvalue weighted by molar-refractivity contribution is 0.0911. The van der Waals surface area contributed by atoms with Crippen molar-refractivity contribution in [3.8, 4) is 22.6 Å². The van der Waals surface area contributed by atoms with Gasteiger partial charge in [0.15, 0.2) is 5.76 Å². The van der Waals surface area contributed by atoms with Crippen LogP contribution in [0.5, 0.6) is 11.5 Å². The molecule has 0 atom stereocenters. The van der Waals surface area contributed by atoms with Crippen molar-refractivity contribution in [3.63, 3.8) is 0 Å². The first-order chi connectivity index (χ1) is 12.9. The monoisotopic (exact) mass is 367 g/mol. The number of ketones is 1. The highest BCUT2D eigenvalue weighted by Gasteiger charge is 2.23. The minimum Gasteiger partial charge on any atom is -0.508 e. The zero-order valence-electron chi connectivity index (χ0n) is 15.2. The van der Waals surface area contributed by atoms with Gasteiger partial charge in [0, 0.05) is 6.07 Å². The van der Waals surface area contributed by atoms with Crippen LogP contribution in [0.25, 0.3) is 22.1 Å². The van der Waals surface area contributed by atoms with Crippen molar-refractivity contribution >= 4 is 16.8 Å². The second kappa shape index (κ2) is 7.63. The number of carbonyl (C=O) groups excluding carboxylic acids is 1. The Morgan fingerprint density at radius 2 is 1.63 bits per heavy atom. The summed E-state index contributed by atoms with van der Waals surface area (Å²) in [6.07, 6.45) is 0. The predicted molar refractivity (Wildman–Crippen MR) is 103 cm³/mol. The van der Waals surface area contributed by atoms with Gasteiger partial charge in [-0.3, -0.25) is 14.5 Å². The van der Waals surface area contributed by atoms with Crippen LogP contribution < -0.4 is 5.43 Å². The zero-order chi connectivity index (χ0) is 19.6. The van der Waals surface area contributed by atoms with Crippen LogP contribution in [0, 0.1) is 0 Å². The van der Waals surface area contributed by atoms with Crippen molar-refractivity contribution in [3.05, 3.63) is 58.4 Å². The van der Waals surface area contributed by atoms with Crippen molar-refractivity contribution in [2.75, 3.05) is 19.6 Å². The molecule has 0 aliphatic heterocycles. The van der Waals surface area contributed by atoms with Gasteiger partial charge in [-0.05, 0) is 42.9 Å². The lowest BCUT2D eigenvalue weighted by Gasteiger charge is -2.17. The van der Waals surface area contributed by atoms with Crippen LogP contribution in [0.2, 0.25) is 0 Å². The Labute approximate surface area is 156 Å². The Morgan fingerprint density at radius 3 is 2.26 bits per heavy atom. The van der Waals surface area contributed by atoms with Gasteiger partial charge >= 0.3 is 0 Å². The lowest BCUT2D eigenvalue weighted by atomic mass is 10.00. The molecule has 1 heterocycles. The molecule has 2 N–H and O–H groups in total. The number of rotatable bonds is 6. The number of nitrogens with zero attached hydrogens (tertiary/aromatic N) is 1. The SMILES string of the molecule is CCN(CC)CC(=O)c1oc2cc(O)ccc2c(=O)c1-c1ccc(O)cc1. The highest BCUT2D eigenvalue weighted by molar-refractivity contribution is 6.03. The first-order valence-corrected chi connectivity index (χ1v) is 8.79. The van der Waals surface area contributed by atoms with E-state index in [0.29, 0.717) is 18.7 Å². The van der Waals surface area contributed by atoms with Crippen molar-refractivity contribution in [1.29, 1.82) is 0 Å². The van der Waals surface area contributed by atoms with Crippen LogP contribution in [0.1, 0.15) is 24.4 Å². The molecule has 0 saturated carbocycles. The summed E-state index contributed by atoms with van der Waals surface area (Å²) >= 11 is 0. The molecule has 0 aliphatic rings. The number of hydrogen-bond donors (Lipinski definition) is 2. The van der Waals surface area contributed by atoms with E-state index in [4.69, 9.17) is 4.42 Å². The highest BCUT2D eigenvalue weighted by atomic mass is 16.3. The van der Waals surface area contributed by atoms with Gasteiger partial charge in [-0.1, -0.05) is 26.0 Å². The third-order valence-corrected chi connectivity index (χ3v) is 4.55. The average Bonchev–Trinajstić information content (AvgIpc) is 2.66. The maximum Gasteiger partial charge on any atom is 0.212 e. The number of aromatic hydroxyl groups is 2. The maximum atomic E-state index is 13.1. The Kier molecular flexibility index (Phi) is 5.28. The summed E-state index contributed by atoms with van der Waals surface area (Å²) < 4.78 is 5.79. The molecule has 3 rings (SSSR count). The van der Waals surface area contributed by atoms with Gasteiger partial charge in [-0.2, -0.15) is 0 Å². The molecule has 0 amide bonds. The van der Waals surface area contributed by atoms with Crippen molar-refractivity contribution < 1.29 is 19.4 Å². The molecular weight excluding hydrogens is 346 g/mol. The van der Waals surface area contributed by atoms with E-state index >= 15 is 0 Å². The van der Waals surface area contributed by atoms with Crippen LogP contribution in [-0.4, -0.2) is 40.5 Å². The molecule has 0 fully saturated rings. The average molecular weight is 367 g/mol. The van der Waals surface area contributed by atoms with Gasteiger partial charge < -0.3 is 14.6 Å². The minimum absolute atomic E-state index is 0.0457. The zero-order valence-corrected chi connectivity index (χ0v) is 15.2. The first kappa shape index (κ1) is 18.7. The second-order valence-corrected chi connectivity index (χ2v) is 6.25. The fourth-order valence-corrected chi connectivity index (χ4v) is 2.99. The summed E-state index contributed by atoms with van der Waals surface area (Å²) in [6.45, 7) is 5.40. The largest absolute Gasteiger partial charge is 0.508 e. The van der Waals surface area contributed by atoms with E-state index in [9.17, 15) is 19.8 Å². The van der Waals surface area contributed by atoms with Gasteiger partial charge in [0.1, 0.15) is 17.1 Å². The number of fused-ring (bicyclic) bond motifs is 1. The number of phenolic OH excluding ortho intramolecular Hbond substituents is 2. The van der Waals surface area contributed by atoms with Gasteiger partial charge in [-0.15, -0.1) is 0 Å². The van der Waals surface area contributed by atoms with E-state index in [1.807, 2.05) is 18.7 Å². The fraction of sp³-hybridized carbons (Fsp3) is 0.238. The Morgan fingerprint density at radius 1 is 1.00 bits per heavy atom. The topological polar surface area (TPSA) is 91.0 Å². The highest BCUT2D eigenvalue weighted by Crippen LogP contribution is 2.28. The van der Waals surface area contributed by atoms with Crippen LogP contribution in [-0.2, 0) is 0 Å². The molecule has 3 aromatic rings. The van der Waals surface area contributed by atoms with Crippen molar-refractivity contribution in [2.24, 2.45) is 0 Å². The minimum atomic E-state index is -0.357. The second-order valence-electron chi connectivity index (χ2n) is 6.25. The molecule has 0 radical (unpaired) electrons. The molecule has 1 aromatic heterocycles. The quantitative estimate of drug-likeness (QED) is 0.649. The molecule has 6 heteroatoms. The number of phenols is 2. The Hall–Kier alpha value is -3.12. The summed E-state index contributed by atoms with van der Waals surface area (Å²) in [5.41, 5.74) is 0.444. The standard InChI is InChI=1S/C21H21NO5/c1-3-22(4-2)12-17(25)21-19(13-5-7-14(23)8-6-13)20(26)16-10-9-15(24)11-18(16)27-21/h5-11,23-24H,3-4,12H2,1-2H3. The number of benzene rings is 2. The molecule has 0 aliphatic carbocycles. The van der Waals surface area contributed by atoms with E-state index in [1.165, 1.54) is 30.3 Å². The smallest absolute Gasteiger partial charge is 0.212 e. The Bertz CT molecular complexity index is 1030. The van der Waals surface area contributed by atoms with Gasteiger partial charge in [0.05, 0.1) is 17.5 Å². The number of carbonyl (C=O) groups is 1. The molecule has 0 saturated heterocycles. The van der Waals surface area contributed by atoms with Crippen molar-refractivity contribution in [1.82, 2.24) is 4.90 Å². The number of likely N-dealkylation sites (N-methyl/N-ethyl adjacent to an activating group) is 1. The first-order valence-electron chi connectivity index (χ1n) is 8.79. The van der Waals surface area contributed by atoms with Crippen molar-refractivity contribution in [2.45, 2.75) is 13.8 Å². The van der Waals surface area contributed by atoms with Gasteiger partial charge in [-0.25, -0.2) is 0 Å². The van der Waals surface area contributed by atoms with E-state index in [-0.39, 0.29) is 51.5 Å². The molecule has 0 unspecified atom stereocenters. The number of hydrogen-bond acceptors (Lipinski definition) is 6. The number of Topliss-reactive ketones (excluding diaryl/α,β-unsaturated/α-hetero) is 1. The van der Waals surface area contributed by atoms with E-state index in [1.54, 1.807) is 12.1 Å². The molecule has 27 heavy (non-hydrogen) atoms. The summed E-state index contributed by atoms with van der Waals surface area (Å²) in [4.78, 5) is 28.0. The lowest BCUT2D eigenvalue weighted by Crippen LogP contribution is -2.30. The van der Waals surface area contributed by atoms with E-state index < -0.39 is 0 Å². The summed E-state index contributed by atoms with van der Waals surface area (Å²) in [7, 11) is 0. The molecular formula is C21H21NO5. The predicted octanol–water partition coefficient (Wildman–Crippen LogP) is 3.40. The van der Waals surface area contributed by atoms with E-state index in [2.05, 4.69) is 0 Å². The summed E-state index contributed by atoms with van der Waals surface area (Å²) in [5.74, 6) is -0.352. The van der Waals surface area contributed by atoms with E-state index in [0.717, 1.165) is 0 Å². The fourth-order valence-electron chi connectivity index (χ4n) is 2.99.